The summed E-state index contributed by atoms with van der Waals surface area (Å²) in [5.74, 6) is 0.707. The van der Waals surface area contributed by atoms with Gasteiger partial charge in [0, 0.05) is 32.0 Å². The molecule has 0 saturated heterocycles. The Morgan fingerprint density at radius 1 is 0.958 bits per heavy atom. The Kier molecular flexibility index (Phi) is 5.28. The predicted molar refractivity (Wildman–Crippen MR) is 89.3 cm³/mol. The summed E-state index contributed by atoms with van der Waals surface area (Å²) in [6.45, 7) is 4.98. The van der Waals surface area contributed by atoms with E-state index in [1.807, 2.05) is 35.9 Å². The van der Waals surface area contributed by atoms with E-state index >= 15 is 0 Å². The van der Waals surface area contributed by atoms with Crippen molar-refractivity contribution in [3.8, 4) is 0 Å². The van der Waals surface area contributed by atoms with Crippen molar-refractivity contribution in [2.24, 2.45) is 0 Å². The molecule has 2 aromatic heterocycles. The van der Waals surface area contributed by atoms with E-state index in [4.69, 9.17) is 0 Å². The van der Waals surface area contributed by atoms with Crippen LogP contribution in [0.5, 0.6) is 0 Å². The number of aryl methyl sites for hydroxylation is 1. The molecule has 0 aliphatic rings. The summed E-state index contributed by atoms with van der Waals surface area (Å²) in [7, 11) is 0. The van der Waals surface area contributed by atoms with Gasteiger partial charge in [0.1, 0.15) is 18.0 Å². The number of nitrogens with zero attached hydrogens (tertiary/aromatic N) is 5. The molecular formula is C18H20FN5. The highest BCUT2D eigenvalue weighted by molar-refractivity contribution is 5.17. The van der Waals surface area contributed by atoms with Gasteiger partial charge < -0.3 is 0 Å². The molecule has 5 nitrogen and oxygen atoms in total. The molecule has 0 unspecified atom stereocenters. The van der Waals surface area contributed by atoms with E-state index in [0.717, 1.165) is 24.5 Å². The number of halogens is 1. The molecule has 3 aromatic rings. The SMILES string of the molecule is CCn1ncnc1CN(Cc1ccncc1)Cc1ccc(F)cc1. The van der Waals surface area contributed by atoms with E-state index in [1.165, 1.54) is 17.7 Å². The minimum absolute atomic E-state index is 0.217. The van der Waals surface area contributed by atoms with Crippen LogP contribution in [-0.2, 0) is 26.2 Å². The molecule has 24 heavy (non-hydrogen) atoms. The second-order valence-corrected chi connectivity index (χ2v) is 5.62. The normalized spacial score (nSPS) is 11.1. The predicted octanol–water partition coefficient (Wildman–Crippen LogP) is 3.03. The second kappa shape index (κ2) is 7.79. The van der Waals surface area contributed by atoms with Crippen LogP contribution in [0.3, 0.4) is 0 Å². The fourth-order valence-corrected chi connectivity index (χ4v) is 2.64. The van der Waals surface area contributed by atoms with Crippen LogP contribution < -0.4 is 0 Å². The van der Waals surface area contributed by atoms with Crippen LogP contribution in [0.2, 0.25) is 0 Å². The Bertz CT molecular complexity index is 755. The maximum atomic E-state index is 13.1. The smallest absolute Gasteiger partial charge is 0.141 e. The summed E-state index contributed by atoms with van der Waals surface area (Å²) in [5, 5.41) is 4.23. The van der Waals surface area contributed by atoms with Gasteiger partial charge in [-0.2, -0.15) is 5.10 Å². The van der Waals surface area contributed by atoms with Crippen LogP contribution in [-0.4, -0.2) is 24.6 Å². The van der Waals surface area contributed by atoms with E-state index in [0.29, 0.717) is 13.1 Å². The number of hydrogen-bond acceptors (Lipinski definition) is 4. The van der Waals surface area contributed by atoms with Crippen LogP contribution in [0.15, 0.2) is 55.1 Å². The lowest BCUT2D eigenvalue weighted by Crippen LogP contribution is -2.24. The maximum Gasteiger partial charge on any atom is 0.141 e. The zero-order valence-electron chi connectivity index (χ0n) is 13.6. The standard InChI is InChI=1S/C18H20FN5/c1-2-24-18(21-14-22-24)13-23(12-16-7-9-20-10-8-16)11-15-3-5-17(19)6-4-15/h3-10,14H,2,11-13H2,1H3. The Morgan fingerprint density at radius 3 is 2.29 bits per heavy atom. The summed E-state index contributed by atoms with van der Waals surface area (Å²) >= 11 is 0. The molecule has 0 N–H and O–H groups in total. The topological polar surface area (TPSA) is 46.8 Å². The first kappa shape index (κ1) is 16.3. The van der Waals surface area contributed by atoms with E-state index in [1.54, 1.807) is 18.7 Å². The van der Waals surface area contributed by atoms with Crippen molar-refractivity contribution in [2.75, 3.05) is 0 Å². The Morgan fingerprint density at radius 2 is 1.62 bits per heavy atom. The third-order valence-electron chi connectivity index (χ3n) is 3.84. The van der Waals surface area contributed by atoms with Gasteiger partial charge in [-0.05, 0) is 42.3 Å². The monoisotopic (exact) mass is 325 g/mol. The molecule has 0 radical (unpaired) electrons. The number of rotatable bonds is 7. The largest absolute Gasteiger partial charge is 0.287 e. The van der Waals surface area contributed by atoms with E-state index in [2.05, 4.69) is 20.0 Å². The van der Waals surface area contributed by atoms with Crippen LogP contribution in [0.25, 0.3) is 0 Å². The second-order valence-electron chi connectivity index (χ2n) is 5.62. The minimum Gasteiger partial charge on any atom is -0.287 e. The first-order valence-corrected chi connectivity index (χ1v) is 7.97. The highest BCUT2D eigenvalue weighted by atomic mass is 19.1. The van der Waals surface area contributed by atoms with E-state index < -0.39 is 0 Å². The molecule has 6 heteroatoms. The summed E-state index contributed by atoms with van der Waals surface area (Å²) < 4.78 is 15.0. The van der Waals surface area contributed by atoms with Crippen LogP contribution in [0.4, 0.5) is 4.39 Å². The van der Waals surface area contributed by atoms with Crippen molar-refractivity contribution in [1.82, 2.24) is 24.6 Å². The van der Waals surface area contributed by atoms with Crippen molar-refractivity contribution >= 4 is 0 Å². The third kappa shape index (κ3) is 4.23. The van der Waals surface area contributed by atoms with Gasteiger partial charge in [0.2, 0.25) is 0 Å². The van der Waals surface area contributed by atoms with Crippen molar-refractivity contribution in [3.63, 3.8) is 0 Å². The first-order chi connectivity index (χ1) is 11.7. The quantitative estimate of drug-likeness (QED) is 0.670. The highest BCUT2D eigenvalue weighted by Gasteiger charge is 2.12. The molecule has 1 aromatic carbocycles. The first-order valence-electron chi connectivity index (χ1n) is 7.97. The van der Waals surface area contributed by atoms with Gasteiger partial charge >= 0.3 is 0 Å². The fourth-order valence-electron chi connectivity index (χ4n) is 2.64. The lowest BCUT2D eigenvalue weighted by atomic mass is 10.2. The van der Waals surface area contributed by atoms with Gasteiger partial charge in [0.05, 0.1) is 6.54 Å². The highest BCUT2D eigenvalue weighted by Crippen LogP contribution is 2.13. The molecule has 0 atom stereocenters. The summed E-state index contributed by atoms with van der Waals surface area (Å²) in [4.78, 5) is 10.7. The molecule has 0 saturated carbocycles. The lowest BCUT2D eigenvalue weighted by molar-refractivity contribution is 0.236. The number of aromatic nitrogens is 4. The number of pyridine rings is 1. The van der Waals surface area contributed by atoms with Crippen molar-refractivity contribution in [3.05, 3.63) is 77.9 Å². The summed E-state index contributed by atoms with van der Waals surface area (Å²) in [5.41, 5.74) is 2.24. The minimum atomic E-state index is -0.217. The third-order valence-corrected chi connectivity index (χ3v) is 3.84. The molecule has 124 valence electrons. The Balaban J connectivity index is 1.78. The average molecular weight is 325 g/mol. The zero-order chi connectivity index (χ0) is 16.8. The van der Waals surface area contributed by atoms with Crippen LogP contribution in [0.1, 0.15) is 23.9 Å². The maximum absolute atomic E-state index is 13.1. The number of hydrogen-bond donors (Lipinski definition) is 0. The Labute approximate surface area is 140 Å². The molecule has 0 bridgehead atoms. The molecule has 0 spiro atoms. The van der Waals surface area contributed by atoms with Gasteiger partial charge in [-0.1, -0.05) is 12.1 Å². The van der Waals surface area contributed by atoms with E-state index in [-0.39, 0.29) is 5.82 Å². The van der Waals surface area contributed by atoms with Gasteiger partial charge in [-0.3, -0.25) is 9.88 Å². The molecule has 0 aliphatic heterocycles. The molecule has 0 fully saturated rings. The summed E-state index contributed by atoms with van der Waals surface area (Å²) in [6, 6.07) is 10.6. The van der Waals surface area contributed by atoms with E-state index in [9.17, 15) is 4.39 Å². The fraction of sp³-hybridized carbons (Fsp3) is 0.278. The van der Waals surface area contributed by atoms with Gasteiger partial charge in [-0.25, -0.2) is 14.1 Å². The molecular weight excluding hydrogens is 305 g/mol. The molecule has 2 heterocycles. The van der Waals surface area contributed by atoms with Crippen molar-refractivity contribution in [1.29, 1.82) is 0 Å². The summed E-state index contributed by atoms with van der Waals surface area (Å²) in [6.07, 6.45) is 5.17. The Hall–Kier alpha value is -2.60. The van der Waals surface area contributed by atoms with Crippen molar-refractivity contribution in [2.45, 2.75) is 33.1 Å². The van der Waals surface area contributed by atoms with Gasteiger partial charge in [0.15, 0.2) is 0 Å². The van der Waals surface area contributed by atoms with Crippen LogP contribution in [0, 0.1) is 5.82 Å². The zero-order valence-corrected chi connectivity index (χ0v) is 13.6. The van der Waals surface area contributed by atoms with Gasteiger partial charge in [0.25, 0.3) is 0 Å². The average Bonchev–Trinajstić information content (AvgIpc) is 3.05. The molecule has 0 aliphatic carbocycles. The van der Waals surface area contributed by atoms with Crippen molar-refractivity contribution < 1.29 is 4.39 Å². The number of benzene rings is 1. The van der Waals surface area contributed by atoms with Gasteiger partial charge in [-0.15, -0.1) is 0 Å². The lowest BCUT2D eigenvalue weighted by Gasteiger charge is -2.22. The molecule has 3 rings (SSSR count). The van der Waals surface area contributed by atoms with Crippen LogP contribution >= 0.6 is 0 Å². The molecule has 0 amide bonds.